The van der Waals surface area contributed by atoms with Crippen LogP contribution in [0.2, 0.25) is 0 Å². The molecule has 0 amide bonds. The molecule has 29 heavy (non-hydrogen) atoms. The first-order valence-corrected chi connectivity index (χ1v) is 11.6. The molecule has 0 aliphatic heterocycles. The van der Waals surface area contributed by atoms with Crippen molar-refractivity contribution in [2.24, 2.45) is 5.92 Å². The molecule has 4 heteroatoms. The second kappa shape index (κ2) is 16.0. The van der Waals surface area contributed by atoms with Gasteiger partial charge >= 0.3 is 11.9 Å². The Hall–Kier alpha value is -1.84. The molecular formula is C25H40O4. The van der Waals surface area contributed by atoms with Crippen molar-refractivity contribution in [2.75, 3.05) is 0 Å². The van der Waals surface area contributed by atoms with Crippen LogP contribution in [0.25, 0.3) is 0 Å². The lowest BCUT2D eigenvalue weighted by atomic mass is 10.0. The van der Waals surface area contributed by atoms with Crippen molar-refractivity contribution in [2.45, 2.75) is 104 Å². The predicted molar refractivity (Wildman–Crippen MR) is 118 cm³/mol. The summed E-state index contributed by atoms with van der Waals surface area (Å²) in [6.07, 6.45) is 13.9. The summed E-state index contributed by atoms with van der Waals surface area (Å²) in [5.41, 5.74) is 0. The molecule has 0 aliphatic carbocycles. The topological polar surface area (TPSA) is 52.6 Å². The van der Waals surface area contributed by atoms with Crippen LogP contribution >= 0.6 is 0 Å². The molecule has 1 aromatic carbocycles. The Balaban J connectivity index is 2.37. The van der Waals surface area contributed by atoms with E-state index in [1.807, 2.05) is 6.92 Å². The van der Waals surface area contributed by atoms with Gasteiger partial charge in [0, 0.05) is 6.42 Å². The lowest BCUT2D eigenvalue weighted by Gasteiger charge is -2.13. The fourth-order valence-corrected chi connectivity index (χ4v) is 3.22. The summed E-state index contributed by atoms with van der Waals surface area (Å²) in [7, 11) is 0. The number of hydrogen-bond acceptors (Lipinski definition) is 4. The molecule has 0 saturated carbocycles. The summed E-state index contributed by atoms with van der Waals surface area (Å²) in [5, 5.41) is 0. The molecule has 0 bridgehead atoms. The highest BCUT2D eigenvalue weighted by molar-refractivity contribution is 5.77. The Bertz CT molecular complexity index is 582. The van der Waals surface area contributed by atoms with Gasteiger partial charge in [-0.2, -0.15) is 0 Å². The third kappa shape index (κ3) is 11.7. The molecular weight excluding hydrogens is 364 g/mol. The zero-order valence-corrected chi connectivity index (χ0v) is 18.7. The van der Waals surface area contributed by atoms with Crippen LogP contribution in [0.1, 0.15) is 104 Å². The smallest absolute Gasteiger partial charge is 0.314 e. The Morgan fingerprint density at radius 1 is 0.759 bits per heavy atom. The van der Waals surface area contributed by atoms with Gasteiger partial charge in [-0.3, -0.25) is 9.59 Å². The zero-order valence-electron chi connectivity index (χ0n) is 18.7. The Morgan fingerprint density at radius 2 is 1.28 bits per heavy atom. The third-order valence-corrected chi connectivity index (χ3v) is 5.16. The van der Waals surface area contributed by atoms with E-state index in [0.29, 0.717) is 17.9 Å². The summed E-state index contributed by atoms with van der Waals surface area (Å²) in [6.45, 7) is 6.24. The van der Waals surface area contributed by atoms with E-state index in [4.69, 9.17) is 9.47 Å². The Kier molecular flexibility index (Phi) is 13.9. The van der Waals surface area contributed by atoms with Crippen molar-refractivity contribution in [3.63, 3.8) is 0 Å². The van der Waals surface area contributed by atoms with Crippen molar-refractivity contribution < 1.29 is 19.1 Å². The maximum Gasteiger partial charge on any atom is 0.314 e. The maximum atomic E-state index is 12.3. The molecule has 1 aromatic rings. The minimum absolute atomic E-state index is 0.164. The van der Waals surface area contributed by atoms with E-state index < -0.39 is 0 Å². The number of carbonyl (C=O) groups is 2. The van der Waals surface area contributed by atoms with Gasteiger partial charge in [-0.15, -0.1) is 0 Å². The normalized spacial score (nSPS) is 11.8. The highest BCUT2D eigenvalue weighted by Gasteiger charge is 2.18. The summed E-state index contributed by atoms with van der Waals surface area (Å²) in [4.78, 5) is 24.5. The van der Waals surface area contributed by atoms with Crippen molar-refractivity contribution >= 4 is 11.9 Å². The van der Waals surface area contributed by atoms with Crippen LogP contribution in [0, 0.1) is 5.92 Å². The molecule has 1 unspecified atom stereocenters. The highest BCUT2D eigenvalue weighted by Crippen LogP contribution is 2.28. The highest BCUT2D eigenvalue weighted by atomic mass is 16.6. The lowest BCUT2D eigenvalue weighted by Crippen LogP contribution is -2.18. The SMILES string of the molecule is CCCCCCCCCCC(=O)Oc1ccccc1OC(=O)C(C)CCCCC. The van der Waals surface area contributed by atoms with Gasteiger partial charge < -0.3 is 9.47 Å². The fraction of sp³-hybridized carbons (Fsp3) is 0.680. The van der Waals surface area contributed by atoms with Crippen LogP contribution in [-0.2, 0) is 9.59 Å². The van der Waals surface area contributed by atoms with Crippen LogP contribution in [0.4, 0.5) is 0 Å². The van der Waals surface area contributed by atoms with Crippen LogP contribution in [0.3, 0.4) is 0 Å². The van der Waals surface area contributed by atoms with Gasteiger partial charge in [0.1, 0.15) is 0 Å². The molecule has 4 nitrogen and oxygen atoms in total. The minimum atomic E-state index is -0.271. The average Bonchev–Trinajstić information content (AvgIpc) is 2.71. The van der Waals surface area contributed by atoms with Crippen LogP contribution in [0.5, 0.6) is 11.5 Å². The third-order valence-electron chi connectivity index (χ3n) is 5.16. The second-order valence-electron chi connectivity index (χ2n) is 7.96. The minimum Gasteiger partial charge on any atom is -0.423 e. The molecule has 1 atom stereocenters. The number of para-hydroxylation sites is 2. The number of unbranched alkanes of at least 4 members (excludes halogenated alkanes) is 9. The second-order valence-corrected chi connectivity index (χ2v) is 7.96. The summed E-state index contributed by atoms with van der Waals surface area (Å²) >= 11 is 0. The summed E-state index contributed by atoms with van der Waals surface area (Å²) < 4.78 is 11.0. The van der Waals surface area contributed by atoms with E-state index in [-0.39, 0.29) is 17.9 Å². The van der Waals surface area contributed by atoms with Crippen molar-refractivity contribution in [1.82, 2.24) is 0 Å². The number of benzene rings is 1. The predicted octanol–water partition coefficient (Wildman–Crippen LogP) is 7.24. The standard InChI is InChI=1S/C25H40O4/c1-4-6-8-9-10-11-12-14-20-24(26)28-22-18-15-16-19-23(22)29-25(27)21(3)17-13-7-5-2/h15-16,18-19,21H,4-14,17,20H2,1-3H3. The summed E-state index contributed by atoms with van der Waals surface area (Å²) in [5.74, 6) is -0.0546. The molecule has 1 rings (SSSR count). The maximum absolute atomic E-state index is 12.3. The van der Waals surface area contributed by atoms with Crippen molar-refractivity contribution in [1.29, 1.82) is 0 Å². The average molecular weight is 405 g/mol. The van der Waals surface area contributed by atoms with E-state index in [2.05, 4.69) is 13.8 Å². The monoisotopic (exact) mass is 404 g/mol. The summed E-state index contributed by atoms with van der Waals surface area (Å²) in [6, 6.07) is 6.91. The molecule has 0 radical (unpaired) electrons. The molecule has 0 aromatic heterocycles. The van der Waals surface area contributed by atoms with Crippen molar-refractivity contribution in [3.8, 4) is 11.5 Å². The first-order valence-electron chi connectivity index (χ1n) is 11.6. The van der Waals surface area contributed by atoms with E-state index in [9.17, 15) is 9.59 Å². The first kappa shape index (κ1) is 25.2. The van der Waals surface area contributed by atoms with Crippen LogP contribution in [0.15, 0.2) is 24.3 Å². The van der Waals surface area contributed by atoms with Gasteiger partial charge in [-0.25, -0.2) is 0 Å². The van der Waals surface area contributed by atoms with Gasteiger partial charge in [0.15, 0.2) is 11.5 Å². The molecule has 0 heterocycles. The number of carbonyl (C=O) groups excluding carboxylic acids is 2. The van der Waals surface area contributed by atoms with Crippen LogP contribution < -0.4 is 9.47 Å². The van der Waals surface area contributed by atoms with E-state index in [0.717, 1.165) is 38.5 Å². The van der Waals surface area contributed by atoms with Gasteiger partial charge in [-0.05, 0) is 25.0 Å². The fourth-order valence-electron chi connectivity index (χ4n) is 3.22. The molecule has 0 saturated heterocycles. The molecule has 0 aliphatic rings. The van der Waals surface area contributed by atoms with Gasteiger partial charge in [0.05, 0.1) is 5.92 Å². The molecule has 0 N–H and O–H groups in total. The van der Waals surface area contributed by atoms with E-state index >= 15 is 0 Å². The Morgan fingerprint density at radius 3 is 1.90 bits per heavy atom. The molecule has 0 fully saturated rings. The number of ether oxygens (including phenoxy) is 2. The molecule has 0 spiro atoms. The van der Waals surface area contributed by atoms with Gasteiger partial charge in [0.25, 0.3) is 0 Å². The quantitative estimate of drug-likeness (QED) is 0.165. The van der Waals surface area contributed by atoms with Crippen molar-refractivity contribution in [3.05, 3.63) is 24.3 Å². The lowest BCUT2D eigenvalue weighted by molar-refractivity contribution is -0.140. The number of hydrogen-bond donors (Lipinski definition) is 0. The number of esters is 2. The zero-order chi connectivity index (χ0) is 21.3. The van der Waals surface area contributed by atoms with E-state index in [1.165, 1.54) is 38.5 Å². The van der Waals surface area contributed by atoms with E-state index in [1.54, 1.807) is 24.3 Å². The Labute approximate surface area is 177 Å². The largest absolute Gasteiger partial charge is 0.423 e. The first-order chi connectivity index (χ1) is 14.1. The molecule has 164 valence electrons. The van der Waals surface area contributed by atoms with Gasteiger partial charge in [-0.1, -0.05) is 97.1 Å². The van der Waals surface area contributed by atoms with Crippen LogP contribution in [-0.4, -0.2) is 11.9 Å². The van der Waals surface area contributed by atoms with Gasteiger partial charge in [0.2, 0.25) is 0 Å². The number of rotatable bonds is 16.